The summed E-state index contributed by atoms with van der Waals surface area (Å²) in [7, 11) is 1.39. The number of hydrogen-bond acceptors (Lipinski definition) is 6. The number of rotatable bonds is 3. The van der Waals surface area contributed by atoms with E-state index in [-0.39, 0.29) is 17.4 Å². The first-order chi connectivity index (χ1) is 11.8. The lowest BCUT2D eigenvalue weighted by Crippen LogP contribution is -2.31. The molecule has 3 heterocycles. The van der Waals surface area contributed by atoms with Gasteiger partial charge in [-0.15, -0.1) is 0 Å². The molecule has 1 aromatic rings. The standard InChI is InChI=1S/C19H23N3O3/c1-11-14(17-22-19(3,4)10-25-17)16(13-7-6-8-20-9-13)15(12(2)21-11)18(23)24-5/h6-9,16,21H,10H2,1-5H3. The van der Waals surface area contributed by atoms with Crippen LogP contribution in [0, 0.1) is 0 Å². The molecule has 1 atom stereocenters. The Kier molecular flexibility index (Phi) is 4.37. The maximum atomic E-state index is 12.5. The highest BCUT2D eigenvalue weighted by Gasteiger charge is 2.39. The molecular formula is C19H23N3O3. The zero-order valence-corrected chi connectivity index (χ0v) is 15.2. The first-order valence-corrected chi connectivity index (χ1v) is 8.24. The Morgan fingerprint density at radius 3 is 2.68 bits per heavy atom. The summed E-state index contributed by atoms with van der Waals surface area (Å²) in [5.74, 6) is -0.144. The SMILES string of the molecule is COC(=O)C1=C(C)NC(C)=C(C2=NC(C)(C)CO2)C1c1cccnc1. The number of carbonyl (C=O) groups is 1. The van der Waals surface area contributed by atoms with Gasteiger partial charge in [-0.25, -0.2) is 9.79 Å². The average Bonchev–Trinajstić information content (AvgIpc) is 2.93. The van der Waals surface area contributed by atoms with Gasteiger partial charge >= 0.3 is 5.97 Å². The minimum atomic E-state index is -0.373. The Balaban J connectivity index is 2.18. The molecule has 6 heteroatoms. The van der Waals surface area contributed by atoms with Crippen molar-refractivity contribution in [3.63, 3.8) is 0 Å². The fourth-order valence-electron chi connectivity index (χ4n) is 3.26. The van der Waals surface area contributed by atoms with Gasteiger partial charge in [-0.3, -0.25) is 4.98 Å². The molecule has 2 aliphatic heterocycles. The molecule has 0 saturated heterocycles. The van der Waals surface area contributed by atoms with Crippen LogP contribution >= 0.6 is 0 Å². The molecule has 6 nitrogen and oxygen atoms in total. The Morgan fingerprint density at radius 1 is 1.36 bits per heavy atom. The van der Waals surface area contributed by atoms with Crippen LogP contribution in [0.2, 0.25) is 0 Å². The van der Waals surface area contributed by atoms with Crippen LogP contribution in [0.4, 0.5) is 0 Å². The van der Waals surface area contributed by atoms with E-state index in [2.05, 4.69) is 10.3 Å². The highest BCUT2D eigenvalue weighted by Crippen LogP contribution is 2.40. The number of nitrogens with one attached hydrogen (secondary N) is 1. The number of pyridine rings is 1. The van der Waals surface area contributed by atoms with Gasteiger partial charge in [0.05, 0.1) is 24.1 Å². The highest BCUT2D eigenvalue weighted by molar-refractivity contribution is 6.02. The number of nitrogens with zero attached hydrogens (tertiary/aromatic N) is 2. The fraction of sp³-hybridized carbons (Fsp3) is 0.421. The molecule has 0 bridgehead atoms. The summed E-state index contributed by atoms with van der Waals surface area (Å²) in [6, 6.07) is 3.81. The van der Waals surface area contributed by atoms with Crippen LogP contribution in [0.5, 0.6) is 0 Å². The Bertz CT molecular complexity index is 791. The van der Waals surface area contributed by atoms with Crippen LogP contribution in [0.25, 0.3) is 0 Å². The second-order valence-corrected chi connectivity index (χ2v) is 6.93. The van der Waals surface area contributed by atoms with Gasteiger partial charge in [0, 0.05) is 29.4 Å². The van der Waals surface area contributed by atoms with Crippen molar-refractivity contribution in [1.82, 2.24) is 10.3 Å². The number of ether oxygens (including phenoxy) is 2. The Labute approximate surface area is 147 Å². The summed E-state index contributed by atoms with van der Waals surface area (Å²) >= 11 is 0. The molecule has 0 fully saturated rings. The maximum Gasteiger partial charge on any atom is 0.336 e. The van der Waals surface area contributed by atoms with Gasteiger partial charge in [0.25, 0.3) is 0 Å². The zero-order chi connectivity index (χ0) is 18.2. The van der Waals surface area contributed by atoms with Crippen LogP contribution in [-0.4, -0.2) is 36.1 Å². The second kappa shape index (κ2) is 6.35. The molecule has 1 aromatic heterocycles. The summed E-state index contributed by atoms with van der Waals surface area (Å²) in [6.45, 7) is 8.39. The summed E-state index contributed by atoms with van der Waals surface area (Å²) in [5.41, 5.74) is 3.69. The fourth-order valence-corrected chi connectivity index (χ4v) is 3.26. The number of dihydropyridines is 1. The molecule has 0 saturated carbocycles. The van der Waals surface area contributed by atoms with Gasteiger partial charge in [-0.1, -0.05) is 6.07 Å². The lowest BCUT2D eigenvalue weighted by molar-refractivity contribution is -0.136. The van der Waals surface area contributed by atoms with E-state index in [1.807, 2.05) is 39.8 Å². The first-order valence-electron chi connectivity index (χ1n) is 8.24. The topological polar surface area (TPSA) is 72.8 Å². The van der Waals surface area contributed by atoms with Crippen LogP contribution in [0.1, 0.15) is 39.2 Å². The predicted molar refractivity (Wildman–Crippen MR) is 95.0 cm³/mol. The van der Waals surface area contributed by atoms with Crippen molar-refractivity contribution >= 4 is 11.9 Å². The number of methoxy groups -OCH3 is 1. The average molecular weight is 341 g/mol. The second-order valence-electron chi connectivity index (χ2n) is 6.93. The molecule has 132 valence electrons. The normalized spacial score (nSPS) is 22.3. The summed E-state index contributed by atoms with van der Waals surface area (Å²) in [5, 5.41) is 3.28. The van der Waals surface area contributed by atoms with E-state index in [0.29, 0.717) is 18.1 Å². The van der Waals surface area contributed by atoms with E-state index in [0.717, 1.165) is 22.5 Å². The molecule has 1 unspecified atom stereocenters. The van der Waals surface area contributed by atoms with Gasteiger partial charge in [0.15, 0.2) is 0 Å². The third-order valence-electron chi connectivity index (χ3n) is 4.38. The molecule has 1 N–H and O–H groups in total. The van der Waals surface area contributed by atoms with E-state index in [4.69, 9.17) is 14.5 Å². The highest BCUT2D eigenvalue weighted by atomic mass is 16.5. The Hall–Kier alpha value is -2.63. The van der Waals surface area contributed by atoms with Crippen molar-refractivity contribution in [2.24, 2.45) is 4.99 Å². The third kappa shape index (κ3) is 3.16. The Morgan fingerprint density at radius 2 is 2.12 bits per heavy atom. The number of allylic oxidation sites excluding steroid dienone is 2. The molecule has 2 aliphatic rings. The van der Waals surface area contributed by atoms with Crippen molar-refractivity contribution in [2.45, 2.75) is 39.2 Å². The van der Waals surface area contributed by atoms with Crippen LogP contribution in [0.15, 0.2) is 52.1 Å². The molecule has 0 radical (unpaired) electrons. The zero-order valence-electron chi connectivity index (χ0n) is 15.2. The van der Waals surface area contributed by atoms with Gasteiger partial charge in [0.1, 0.15) is 6.61 Å². The van der Waals surface area contributed by atoms with Gasteiger partial charge in [0.2, 0.25) is 5.90 Å². The maximum absolute atomic E-state index is 12.5. The number of aromatic nitrogens is 1. The molecule has 0 amide bonds. The van der Waals surface area contributed by atoms with Crippen molar-refractivity contribution in [1.29, 1.82) is 0 Å². The van der Waals surface area contributed by atoms with Crippen molar-refractivity contribution in [2.75, 3.05) is 13.7 Å². The lowest BCUT2D eigenvalue weighted by Gasteiger charge is -2.30. The van der Waals surface area contributed by atoms with E-state index < -0.39 is 0 Å². The van der Waals surface area contributed by atoms with E-state index in [9.17, 15) is 4.79 Å². The van der Waals surface area contributed by atoms with Gasteiger partial charge < -0.3 is 14.8 Å². The minimum absolute atomic E-state index is 0.288. The van der Waals surface area contributed by atoms with Gasteiger partial charge in [-0.2, -0.15) is 0 Å². The van der Waals surface area contributed by atoms with Gasteiger partial charge in [-0.05, 0) is 39.3 Å². The molecule has 3 rings (SSSR count). The van der Waals surface area contributed by atoms with Crippen LogP contribution < -0.4 is 5.32 Å². The molecule has 0 spiro atoms. The largest absolute Gasteiger partial charge is 0.475 e. The summed E-state index contributed by atoms with van der Waals surface area (Å²) in [4.78, 5) is 21.4. The number of aliphatic imine (C=N–C) groups is 1. The lowest BCUT2D eigenvalue weighted by atomic mass is 9.81. The summed E-state index contributed by atoms with van der Waals surface area (Å²) < 4.78 is 10.9. The molecule has 0 aliphatic carbocycles. The molecule has 25 heavy (non-hydrogen) atoms. The predicted octanol–water partition coefficient (Wildman–Crippen LogP) is 2.70. The monoisotopic (exact) mass is 341 g/mol. The van der Waals surface area contributed by atoms with Crippen LogP contribution in [0.3, 0.4) is 0 Å². The quantitative estimate of drug-likeness (QED) is 0.856. The van der Waals surface area contributed by atoms with Crippen molar-refractivity contribution < 1.29 is 14.3 Å². The smallest absolute Gasteiger partial charge is 0.336 e. The van der Waals surface area contributed by atoms with E-state index in [1.54, 1.807) is 12.4 Å². The van der Waals surface area contributed by atoms with E-state index >= 15 is 0 Å². The number of hydrogen-bond donors (Lipinski definition) is 1. The van der Waals surface area contributed by atoms with Crippen molar-refractivity contribution in [3.8, 4) is 0 Å². The van der Waals surface area contributed by atoms with Crippen molar-refractivity contribution in [3.05, 3.63) is 52.6 Å². The first kappa shape index (κ1) is 17.2. The molecular weight excluding hydrogens is 318 g/mol. The minimum Gasteiger partial charge on any atom is -0.475 e. The third-order valence-corrected chi connectivity index (χ3v) is 4.38. The van der Waals surface area contributed by atoms with Crippen LogP contribution in [-0.2, 0) is 14.3 Å². The number of esters is 1. The van der Waals surface area contributed by atoms with E-state index in [1.165, 1.54) is 7.11 Å². The summed E-state index contributed by atoms with van der Waals surface area (Å²) in [6.07, 6.45) is 3.47. The molecule has 0 aromatic carbocycles. The number of carbonyl (C=O) groups excluding carboxylic acids is 1.